The van der Waals surface area contributed by atoms with Crippen LogP contribution in [0.2, 0.25) is 0 Å². The summed E-state index contributed by atoms with van der Waals surface area (Å²) in [6.07, 6.45) is 0. The molecule has 0 saturated carbocycles. The molecule has 1 rings (SSSR count). The van der Waals surface area contributed by atoms with Crippen LogP contribution in [0.4, 0.5) is 0 Å². The lowest BCUT2D eigenvalue weighted by atomic mass is 10.1. The van der Waals surface area contributed by atoms with Crippen molar-refractivity contribution in [2.45, 2.75) is 13.8 Å². The Kier molecular flexibility index (Phi) is 5.70. The van der Waals surface area contributed by atoms with Crippen LogP contribution >= 0.6 is 0 Å². The maximum Gasteiger partial charge on any atom is 0.134 e. The molecule has 0 aliphatic rings. The highest BCUT2D eigenvalue weighted by molar-refractivity contribution is 6.47. The van der Waals surface area contributed by atoms with Crippen LogP contribution < -0.4 is 4.74 Å². The molecule has 0 fully saturated rings. The van der Waals surface area contributed by atoms with Gasteiger partial charge in [0.1, 0.15) is 31.4 Å². The highest BCUT2D eigenvalue weighted by Crippen LogP contribution is 2.13. The lowest BCUT2D eigenvalue weighted by Crippen LogP contribution is -2.13. The van der Waals surface area contributed by atoms with Crippen LogP contribution in [0, 0.1) is 0 Å². The molecule has 18 heavy (non-hydrogen) atoms. The van der Waals surface area contributed by atoms with Gasteiger partial charge in [-0.05, 0) is 38.1 Å². The Bertz CT molecular complexity index is 424. The van der Waals surface area contributed by atoms with E-state index in [9.17, 15) is 0 Å². The van der Waals surface area contributed by atoms with Gasteiger partial charge in [-0.2, -0.15) is 0 Å². The summed E-state index contributed by atoms with van der Waals surface area (Å²) in [4.78, 5) is 9.57. The van der Waals surface area contributed by atoms with E-state index in [1.165, 1.54) is 14.2 Å². The molecule has 0 aliphatic heterocycles. The number of oxime groups is 2. The van der Waals surface area contributed by atoms with Gasteiger partial charge in [0, 0.05) is 5.56 Å². The molecule has 0 unspecified atom stereocenters. The number of ether oxygens (including phenoxy) is 1. The smallest absolute Gasteiger partial charge is 0.134 e. The van der Waals surface area contributed by atoms with Gasteiger partial charge in [0.2, 0.25) is 0 Å². The number of nitrogens with zero attached hydrogens (tertiary/aromatic N) is 2. The predicted octanol–water partition coefficient (Wildman–Crippen LogP) is 2.46. The molecule has 0 radical (unpaired) electrons. The lowest BCUT2D eigenvalue weighted by Gasteiger charge is -2.07. The zero-order valence-corrected chi connectivity index (χ0v) is 11.1. The Balaban J connectivity index is 3.00. The Morgan fingerprint density at radius 3 is 2.17 bits per heavy atom. The summed E-state index contributed by atoms with van der Waals surface area (Å²) >= 11 is 0. The van der Waals surface area contributed by atoms with E-state index in [0.29, 0.717) is 18.0 Å². The van der Waals surface area contributed by atoms with Crippen LogP contribution in [0.1, 0.15) is 19.4 Å². The number of hydrogen-bond donors (Lipinski definition) is 0. The molecule has 98 valence electrons. The first kappa shape index (κ1) is 14.0. The first-order valence-electron chi connectivity index (χ1n) is 5.65. The summed E-state index contributed by atoms with van der Waals surface area (Å²) < 4.78 is 5.38. The van der Waals surface area contributed by atoms with Crippen LogP contribution in [-0.2, 0) is 9.68 Å². The van der Waals surface area contributed by atoms with Crippen LogP contribution in [0.5, 0.6) is 5.75 Å². The van der Waals surface area contributed by atoms with Crippen molar-refractivity contribution in [1.29, 1.82) is 0 Å². The highest BCUT2D eigenvalue weighted by Gasteiger charge is 2.09. The molecule has 0 amide bonds. The van der Waals surface area contributed by atoms with Gasteiger partial charge in [0.25, 0.3) is 0 Å². The van der Waals surface area contributed by atoms with Crippen LogP contribution in [0.25, 0.3) is 0 Å². The Labute approximate surface area is 107 Å². The molecule has 0 spiro atoms. The fourth-order valence-corrected chi connectivity index (χ4v) is 1.47. The first-order chi connectivity index (χ1) is 8.72. The van der Waals surface area contributed by atoms with Gasteiger partial charge in [-0.3, -0.25) is 0 Å². The SMILES string of the molecule is CCOc1ccc(C(=N\OC)/C(C)=N/OC)cc1. The van der Waals surface area contributed by atoms with E-state index in [-0.39, 0.29) is 0 Å². The quantitative estimate of drug-likeness (QED) is 0.575. The van der Waals surface area contributed by atoms with E-state index < -0.39 is 0 Å². The monoisotopic (exact) mass is 250 g/mol. The van der Waals surface area contributed by atoms with Gasteiger partial charge in [-0.15, -0.1) is 0 Å². The van der Waals surface area contributed by atoms with Crippen molar-refractivity contribution in [1.82, 2.24) is 0 Å². The van der Waals surface area contributed by atoms with E-state index in [4.69, 9.17) is 14.4 Å². The fourth-order valence-electron chi connectivity index (χ4n) is 1.47. The molecule has 0 heterocycles. The summed E-state index contributed by atoms with van der Waals surface area (Å²) in [5.74, 6) is 0.819. The minimum Gasteiger partial charge on any atom is -0.494 e. The van der Waals surface area contributed by atoms with E-state index in [1.54, 1.807) is 6.92 Å². The third-order valence-corrected chi connectivity index (χ3v) is 2.19. The van der Waals surface area contributed by atoms with Crippen LogP contribution in [0.15, 0.2) is 34.6 Å². The van der Waals surface area contributed by atoms with Gasteiger partial charge < -0.3 is 14.4 Å². The van der Waals surface area contributed by atoms with Crippen molar-refractivity contribution < 1.29 is 14.4 Å². The minimum atomic E-state index is 0.627. The highest BCUT2D eigenvalue weighted by atomic mass is 16.6. The lowest BCUT2D eigenvalue weighted by molar-refractivity contribution is 0.210. The zero-order valence-electron chi connectivity index (χ0n) is 11.1. The average Bonchev–Trinajstić information content (AvgIpc) is 2.38. The van der Waals surface area contributed by atoms with Crippen molar-refractivity contribution in [3.63, 3.8) is 0 Å². The van der Waals surface area contributed by atoms with E-state index in [0.717, 1.165) is 11.3 Å². The van der Waals surface area contributed by atoms with Crippen LogP contribution in [0.3, 0.4) is 0 Å². The minimum absolute atomic E-state index is 0.627. The summed E-state index contributed by atoms with van der Waals surface area (Å²) in [5, 5.41) is 7.81. The topological polar surface area (TPSA) is 52.4 Å². The van der Waals surface area contributed by atoms with E-state index in [1.807, 2.05) is 31.2 Å². The molecular formula is C13H18N2O3. The second-order valence-corrected chi connectivity index (χ2v) is 3.44. The molecule has 0 aromatic heterocycles. The average molecular weight is 250 g/mol. The standard InChI is InChI=1S/C13H18N2O3/c1-5-18-12-8-6-11(7-9-12)13(15-17-4)10(2)14-16-3/h6-9H,5H2,1-4H3/b14-10+,15-13-. The first-order valence-corrected chi connectivity index (χ1v) is 5.65. The summed E-state index contributed by atoms with van der Waals surface area (Å²) in [5.41, 5.74) is 2.16. The van der Waals surface area contributed by atoms with Gasteiger partial charge in [0.15, 0.2) is 0 Å². The maximum atomic E-state index is 5.38. The Morgan fingerprint density at radius 2 is 1.67 bits per heavy atom. The molecule has 0 saturated heterocycles. The largest absolute Gasteiger partial charge is 0.494 e. The van der Waals surface area contributed by atoms with Gasteiger partial charge in [-0.25, -0.2) is 0 Å². The third kappa shape index (κ3) is 3.76. The molecule has 0 N–H and O–H groups in total. The molecule has 5 nitrogen and oxygen atoms in total. The maximum absolute atomic E-state index is 5.38. The molecule has 1 aromatic rings. The molecule has 5 heteroatoms. The number of benzene rings is 1. The molecular weight excluding hydrogens is 232 g/mol. The van der Waals surface area contributed by atoms with Gasteiger partial charge in [-0.1, -0.05) is 10.3 Å². The summed E-state index contributed by atoms with van der Waals surface area (Å²) in [6.45, 7) is 4.39. The normalized spacial score (nSPS) is 12.2. The molecule has 0 aliphatic carbocycles. The second kappa shape index (κ2) is 7.32. The molecule has 1 aromatic carbocycles. The Morgan fingerprint density at radius 1 is 1.06 bits per heavy atom. The van der Waals surface area contributed by atoms with Gasteiger partial charge in [0.05, 0.1) is 6.61 Å². The van der Waals surface area contributed by atoms with Crippen molar-refractivity contribution >= 4 is 11.4 Å². The van der Waals surface area contributed by atoms with E-state index >= 15 is 0 Å². The zero-order chi connectivity index (χ0) is 13.4. The van der Waals surface area contributed by atoms with Gasteiger partial charge >= 0.3 is 0 Å². The van der Waals surface area contributed by atoms with Crippen LogP contribution in [-0.4, -0.2) is 32.2 Å². The fraction of sp³-hybridized carbons (Fsp3) is 0.385. The predicted molar refractivity (Wildman–Crippen MR) is 71.3 cm³/mol. The summed E-state index contributed by atoms with van der Waals surface area (Å²) in [6, 6.07) is 7.56. The number of hydrogen-bond acceptors (Lipinski definition) is 5. The molecule has 0 bridgehead atoms. The van der Waals surface area contributed by atoms with Crippen molar-refractivity contribution in [3.8, 4) is 5.75 Å². The van der Waals surface area contributed by atoms with Crippen molar-refractivity contribution in [2.75, 3.05) is 20.8 Å². The third-order valence-electron chi connectivity index (χ3n) is 2.19. The van der Waals surface area contributed by atoms with Crippen molar-refractivity contribution in [3.05, 3.63) is 29.8 Å². The molecule has 0 atom stereocenters. The second-order valence-electron chi connectivity index (χ2n) is 3.44. The number of rotatable bonds is 6. The van der Waals surface area contributed by atoms with Crippen molar-refractivity contribution in [2.24, 2.45) is 10.3 Å². The Hall–Kier alpha value is -2.04. The summed E-state index contributed by atoms with van der Waals surface area (Å²) in [7, 11) is 2.99. The van der Waals surface area contributed by atoms with E-state index in [2.05, 4.69) is 10.3 Å².